The van der Waals surface area contributed by atoms with Crippen LogP contribution < -0.4 is 5.11 Å². The molecule has 0 unspecified atom stereocenters. The van der Waals surface area contributed by atoms with Crippen molar-refractivity contribution in [3.63, 3.8) is 0 Å². The van der Waals surface area contributed by atoms with Crippen LogP contribution in [0.1, 0.15) is 15.9 Å². The standard InChI is InChI=1S/C17H11BrClNO2/c1-9-15(17(21)22)13-8-11(18)4-7-14(13)20-16(9)10-2-5-12(19)6-3-10/h2-8H,1H3,(H,21,22)/p-1. The van der Waals surface area contributed by atoms with Crippen LogP contribution in [0, 0.1) is 6.92 Å². The fourth-order valence-corrected chi connectivity index (χ4v) is 2.97. The first kappa shape index (κ1) is 15.0. The fourth-order valence-electron chi connectivity index (χ4n) is 2.48. The summed E-state index contributed by atoms with van der Waals surface area (Å²) in [4.78, 5) is 16.2. The number of carboxylic acid groups (broad SMARTS) is 1. The Hall–Kier alpha value is -1.91. The van der Waals surface area contributed by atoms with Crippen molar-refractivity contribution in [2.45, 2.75) is 6.92 Å². The van der Waals surface area contributed by atoms with Crippen molar-refractivity contribution in [1.29, 1.82) is 0 Å². The van der Waals surface area contributed by atoms with Gasteiger partial charge in [0.2, 0.25) is 0 Å². The summed E-state index contributed by atoms with van der Waals surface area (Å²) in [6.45, 7) is 1.74. The first-order valence-electron chi connectivity index (χ1n) is 6.54. The number of fused-ring (bicyclic) bond motifs is 1. The molecular weight excluding hydrogens is 366 g/mol. The third-order valence-electron chi connectivity index (χ3n) is 3.51. The van der Waals surface area contributed by atoms with Crippen molar-refractivity contribution in [1.82, 2.24) is 4.98 Å². The summed E-state index contributed by atoms with van der Waals surface area (Å²) in [5, 5.41) is 12.8. The van der Waals surface area contributed by atoms with Gasteiger partial charge in [-0.1, -0.05) is 39.7 Å². The normalized spacial score (nSPS) is 10.9. The highest BCUT2D eigenvalue weighted by Gasteiger charge is 2.14. The van der Waals surface area contributed by atoms with Gasteiger partial charge in [0.05, 0.1) is 17.2 Å². The second-order valence-corrected chi connectivity index (χ2v) is 6.27. The van der Waals surface area contributed by atoms with Crippen molar-refractivity contribution in [3.05, 3.63) is 63.1 Å². The summed E-state index contributed by atoms with van der Waals surface area (Å²) in [5.74, 6) is -1.21. The monoisotopic (exact) mass is 374 g/mol. The zero-order chi connectivity index (χ0) is 15.9. The summed E-state index contributed by atoms with van der Waals surface area (Å²) >= 11 is 9.26. The van der Waals surface area contributed by atoms with E-state index < -0.39 is 5.97 Å². The molecule has 0 aliphatic rings. The first-order chi connectivity index (χ1) is 10.5. The van der Waals surface area contributed by atoms with Gasteiger partial charge in [-0.25, -0.2) is 4.98 Å². The topological polar surface area (TPSA) is 53.0 Å². The molecule has 1 aromatic heterocycles. The van der Waals surface area contributed by atoms with Crippen LogP contribution in [-0.4, -0.2) is 11.0 Å². The van der Waals surface area contributed by atoms with Gasteiger partial charge < -0.3 is 9.90 Å². The van der Waals surface area contributed by atoms with Gasteiger partial charge in [0.25, 0.3) is 0 Å². The lowest BCUT2D eigenvalue weighted by atomic mass is 9.98. The van der Waals surface area contributed by atoms with E-state index in [9.17, 15) is 9.90 Å². The number of halogens is 2. The smallest absolute Gasteiger partial charge is 0.0745 e. The molecule has 0 aliphatic carbocycles. The predicted molar refractivity (Wildman–Crippen MR) is 89.0 cm³/mol. The minimum atomic E-state index is -1.21. The zero-order valence-electron chi connectivity index (χ0n) is 11.6. The number of hydrogen-bond acceptors (Lipinski definition) is 3. The molecule has 110 valence electrons. The van der Waals surface area contributed by atoms with Gasteiger partial charge in [-0.05, 0) is 42.8 Å². The minimum absolute atomic E-state index is 0.163. The number of nitrogens with zero attached hydrogens (tertiary/aromatic N) is 1. The maximum absolute atomic E-state index is 11.6. The third-order valence-corrected chi connectivity index (χ3v) is 4.26. The highest BCUT2D eigenvalue weighted by atomic mass is 79.9. The summed E-state index contributed by atoms with van der Waals surface area (Å²) in [7, 11) is 0. The van der Waals surface area contributed by atoms with Gasteiger partial charge in [0.15, 0.2) is 0 Å². The summed E-state index contributed by atoms with van der Waals surface area (Å²) in [6.07, 6.45) is 0. The van der Waals surface area contributed by atoms with Crippen LogP contribution >= 0.6 is 27.5 Å². The Morgan fingerprint density at radius 3 is 2.50 bits per heavy atom. The van der Waals surface area contributed by atoms with E-state index in [-0.39, 0.29) is 5.56 Å². The number of carboxylic acids is 1. The van der Waals surface area contributed by atoms with E-state index in [1.807, 2.05) is 18.2 Å². The molecule has 0 saturated heterocycles. The van der Waals surface area contributed by atoms with Gasteiger partial charge in [0, 0.05) is 26.0 Å². The molecule has 3 nitrogen and oxygen atoms in total. The molecule has 1 heterocycles. The summed E-state index contributed by atoms with van der Waals surface area (Å²) in [5.41, 5.74) is 2.78. The van der Waals surface area contributed by atoms with Gasteiger partial charge in [-0.3, -0.25) is 0 Å². The second kappa shape index (κ2) is 5.71. The third kappa shape index (κ3) is 2.60. The maximum atomic E-state index is 11.6. The van der Waals surface area contributed by atoms with Crippen LogP contribution in [0.4, 0.5) is 0 Å². The lowest BCUT2D eigenvalue weighted by Crippen LogP contribution is -2.24. The van der Waals surface area contributed by atoms with E-state index in [2.05, 4.69) is 20.9 Å². The molecule has 0 amide bonds. The maximum Gasteiger partial charge on any atom is 0.0745 e. The van der Waals surface area contributed by atoms with E-state index in [4.69, 9.17) is 11.6 Å². The highest BCUT2D eigenvalue weighted by molar-refractivity contribution is 9.10. The molecule has 0 atom stereocenters. The van der Waals surface area contributed by atoms with Crippen molar-refractivity contribution < 1.29 is 9.90 Å². The lowest BCUT2D eigenvalue weighted by Gasteiger charge is -2.15. The van der Waals surface area contributed by atoms with Crippen LogP contribution in [0.25, 0.3) is 22.2 Å². The fraction of sp³-hybridized carbons (Fsp3) is 0.0588. The van der Waals surface area contributed by atoms with Crippen LogP contribution in [0.5, 0.6) is 0 Å². The molecule has 0 radical (unpaired) electrons. The largest absolute Gasteiger partial charge is 0.545 e. The predicted octanol–water partition coefficient (Wildman–Crippen LogP) is 3.99. The van der Waals surface area contributed by atoms with Crippen LogP contribution in [0.15, 0.2) is 46.9 Å². The van der Waals surface area contributed by atoms with Gasteiger partial charge in [0.1, 0.15) is 0 Å². The Labute approximate surface area is 140 Å². The van der Waals surface area contributed by atoms with E-state index in [0.717, 1.165) is 10.0 Å². The Kier molecular flexibility index (Phi) is 3.89. The molecule has 3 aromatic rings. The second-order valence-electron chi connectivity index (χ2n) is 4.92. The molecule has 2 aromatic carbocycles. The van der Waals surface area contributed by atoms with E-state index in [0.29, 0.717) is 27.2 Å². The Bertz CT molecular complexity index is 891. The number of carbonyl (C=O) groups is 1. The molecule has 0 aliphatic heterocycles. The summed E-state index contributed by atoms with van der Waals surface area (Å²) < 4.78 is 0.794. The number of aromatic carboxylic acids is 1. The molecule has 0 fully saturated rings. The number of aromatic nitrogens is 1. The Morgan fingerprint density at radius 2 is 1.86 bits per heavy atom. The van der Waals surface area contributed by atoms with Gasteiger partial charge in [-0.15, -0.1) is 0 Å². The first-order valence-corrected chi connectivity index (χ1v) is 7.71. The quantitative estimate of drug-likeness (QED) is 0.680. The van der Waals surface area contributed by atoms with Crippen LogP contribution in [0.2, 0.25) is 5.02 Å². The highest BCUT2D eigenvalue weighted by Crippen LogP contribution is 2.31. The lowest BCUT2D eigenvalue weighted by molar-refractivity contribution is -0.254. The number of hydrogen-bond donors (Lipinski definition) is 0. The van der Waals surface area contributed by atoms with Crippen LogP contribution in [0.3, 0.4) is 0 Å². The number of carbonyl (C=O) groups excluding carboxylic acids is 1. The Balaban J connectivity index is 2.37. The average molecular weight is 376 g/mol. The molecule has 0 bridgehead atoms. The summed E-state index contributed by atoms with van der Waals surface area (Å²) in [6, 6.07) is 12.5. The number of rotatable bonds is 2. The molecule has 22 heavy (non-hydrogen) atoms. The Morgan fingerprint density at radius 1 is 1.18 bits per heavy atom. The molecule has 0 saturated carbocycles. The molecule has 5 heteroatoms. The average Bonchev–Trinajstić information content (AvgIpc) is 2.47. The van der Waals surface area contributed by atoms with Crippen molar-refractivity contribution in [3.8, 4) is 11.3 Å². The SMILES string of the molecule is Cc1c(-c2ccc(Cl)cc2)nc2ccc(Br)cc2c1C(=O)[O-]. The van der Waals surface area contributed by atoms with E-state index >= 15 is 0 Å². The van der Waals surface area contributed by atoms with Crippen LogP contribution in [-0.2, 0) is 0 Å². The molecule has 0 N–H and O–H groups in total. The van der Waals surface area contributed by atoms with E-state index in [1.54, 1.807) is 31.2 Å². The zero-order valence-corrected chi connectivity index (χ0v) is 13.9. The minimum Gasteiger partial charge on any atom is -0.545 e. The van der Waals surface area contributed by atoms with Gasteiger partial charge >= 0.3 is 0 Å². The number of benzene rings is 2. The van der Waals surface area contributed by atoms with E-state index in [1.165, 1.54) is 0 Å². The van der Waals surface area contributed by atoms with Crippen molar-refractivity contribution >= 4 is 44.4 Å². The molecular formula is C17H10BrClNO2-. The van der Waals surface area contributed by atoms with Gasteiger partial charge in [-0.2, -0.15) is 0 Å². The molecule has 0 spiro atoms. The molecule has 3 rings (SSSR count). The number of pyridine rings is 1. The van der Waals surface area contributed by atoms with Crippen molar-refractivity contribution in [2.24, 2.45) is 0 Å². The van der Waals surface area contributed by atoms with Crippen molar-refractivity contribution in [2.75, 3.05) is 0 Å².